The fourth-order valence-corrected chi connectivity index (χ4v) is 3.54. The highest BCUT2D eigenvalue weighted by Gasteiger charge is 2.44. The molecular weight excluding hydrogens is 330 g/mol. The third kappa shape index (κ3) is 2.85. The van der Waals surface area contributed by atoms with Crippen molar-refractivity contribution >= 4 is 17.0 Å². The van der Waals surface area contributed by atoms with Crippen LogP contribution in [0.4, 0.5) is 5.82 Å². The first-order chi connectivity index (χ1) is 12.1. The van der Waals surface area contributed by atoms with Crippen LogP contribution in [0.15, 0.2) is 12.7 Å². The van der Waals surface area contributed by atoms with E-state index in [9.17, 15) is 20.4 Å². The number of aliphatic hydroxyl groups is 4. The number of fused-ring (bicyclic) bond motifs is 1. The minimum absolute atomic E-state index is 0.118. The maximum absolute atomic E-state index is 10.2. The molecule has 136 valence electrons. The highest BCUT2D eigenvalue weighted by Crippen LogP contribution is 2.32. The molecule has 5 N–H and O–H groups in total. The standard InChI is InChI=1S/C15H21N5O5/c21-4-9-11(23)12(24)15(25-9)20-6-18-10-13(16-5-17-14(10)20)19-7-1-2-8(22)3-7/h5-9,11-12,15,21-24H,1-4H2,(H,16,17,19)/t7-,8+,9+,11+,12+,15+/m0/s1. The van der Waals surface area contributed by atoms with Crippen molar-refractivity contribution in [3.63, 3.8) is 0 Å². The summed E-state index contributed by atoms with van der Waals surface area (Å²) in [7, 11) is 0. The van der Waals surface area contributed by atoms with Crippen LogP contribution in [0.25, 0.3) is 11.2 Å². The SMILES string of the molecule is OC[C@H]1O[C@@H](n2cnc3c(N[C@H]4CC[C@@H](O)C4)ncnc32)[C@H](O)[C@@H]1O. The average Bonchev–Trinajstić information content (AvgIpc) is 3.28. The minimum atomic E-state index is -1.20. The van der Waals surface area contributed by atoms with Crippen LogP contribution in [0.2, 0.25) is 0 Å². The number of hydrogen-bond acceptors (Lipinski definition) is 9. The normalized spacial score (nSPS) is 35.5. The summed E-state index contributed by atoms with van der Waals surface area (Å²) in [5, 5.41) is 42.3. The van der Waals surface area contributed by atoms with Crippen LogP contribution in [0.3, 0.4) is 0 Å². The molecule has 2 aromatic rings. The van der Waals surface area contributed by atoms with E-state index in [0.29, 0.717) is 23.4 Å². The number of rotatable bonds is 4. The topological polar surface area (TPSA) is 146 Å². The molecule has 6 atom stereocenters. The van der Waals surface area contributed by atoms with Crippen LogP contribution in [-0.4, -0.2) is 77.0 Å². The van der Waals surface area contributed by atoms with E-state index in [1.165, 1.54) is 17.2 Å². The van der Waals surface area contributed by atoms with Gasteiger partial charge in [0.05, 0.1) is 19.0 Å². The third-order valence-electron chi connectivity index (χ3n) is 4.90. The summed E-state index contributed by atoms with van der Waals surface area (Å²) in [6.45, 7) is -0.396. The summed E-state index contributed by atoms with van der Waals surface area (Å²) in [6.07, 6.45) is 0.657. The number of anilines is 1. The first-order valence-electron chi connectivity index (χ1n) is 8.33. The number of ether oxygens (including phenoxy) is 1. The van der Waals surface area contributed by atoms with Crippen molar-refractivity contribution in [2.24, 2.45) is 0 Å². The first kappa shape index (κ1) is 16.6. The number of nitrogens with one attached hydrogen (secondary N) is 1. The van der Waals surface area contributed by atoms with E-state index in [2.05, 4.69) is 20.3 Å². The Morgan fingerprint density at radius 1 is 1.16 bits per heavy atom. The van der Waals surface area contributed by atoms with Crippen molar-refractivity contribution in [3.8, 4) is 0 Å². The molecule has 0 radical (unpaired) electrons. The Balaban J connectivity index is 1.63. The third-order valence-corrected chi connectivity index (χ3v) is 4.90. The Kier molecular flexibility index (Phi) is 4.29. The number of hydrogen-bond donors (Lipinski definition) is 5. The number of aliphatic hydroxyl groups excluding tert-OH is 4. The number of imidazole rings is 1. The minimum Gasteiger partial charge on any atom is -0.394 e. The predicted octanol–water partition coefficient (Wildman–Crippen LogP) is -1.24. The monoisotopic (exact) mass is 351 g/mol. The van der Waals surface area contributed by atoms with Gasteiger partial charge < -0.3 is 30.5 Å². The zero-order chi connectivity index (χ0) is 17.6. The predicted molar refractivity (Wildman–Crippen MR) is 85.6 cm³/mol. The van der Waals surface area contributed by atoms with Crippen molar-refractivity contribution in [2.75, 3.05) is 11.9 Å². The van der Waals surface area contributed by atoms with Gasteiger partial charge in [-0.1, -0.05) is 0 Å². The summed E-state index contributed by atoms with van der Waals surface area (Å²) < 4.78 is 7.06. The summed E-state index contributed by atoms with van der Waals surface area (Å²) in [6, 6.07) is 0.118. The highest BCUT2D eigenvalue weighted by molar-refractivity contribution is 5.82. The molecule has 1 saturated heterocycles. The van der Waals surface area contributed by atoms with E-state index in [-0.39, 0.29) is 12.1 Å². The lowest BCUT2D eigenvalue weighted by Gasteiger charge is -2.17. The van der Waals surface area contributed by atoms with E-state index in [1.54, 1.807) is 0 Å². The molecule has 0 unspecified atom stereocenters. The second-order valence-electron chi connectivity index (χ2n) is 6.58. The van der Waals surface area contributed by atoms with Gasteiger partial charge in [0.1, 0.15) is 24.6 Å². The quantitative estimate of drug-likeness (QED) is 0.456. The molecule has 1 aliphatic heterocycles. The van der Waals surface area contributed by atoms with E-state index in [1.807, 2.05) is 0 Å². The molecule has 2 aliphatic rings. The van der Waals surface area contributed by atoms with E-state index >= 15 is 0 Å². The van der Waals surface area contributed by atoms with Crippen LogP contribution in [-0.2, 0) is 4.74 Å². The number of nitrogens with zero attached hydrogens (tertiary/aromatic N) is 4. The Hall–Kier alpha value is -1.85. The van der Waals surface area contributed by atoms with Gasteiger partial charge in [0, 0.05) is 6.04 Å². The van der Waals surface area contributed by atoms with Crippen molar-refractivity contribution in [2.45, 2.75) is 55.9 Å². The van der Waals surface area contributed by atoms with Crippen LogP contribution < -0.4 is 5.32 Å². The van der Waals surface area contributed by atoms with Crippen LogP contribution in [0.5, 0.6) is 0 Å². The van der Waals surface area contributed by atoms with E-state index < -0.39 is 31.1 Å². The molecule has 0 amide bonds. The Morgan fingerprint density at radius 2 is 2.00 bits per heavy atom. The maximum Gasteiger partial charge on any atom is 0.167 e. The van der Waals surface area contributed by atoms with E-state index in [4.69, 9.17) is 4.74 Å². The van der Waals surface area contributed by atoms with Crippen molar-refractivity contribution < 1.29 is 25.2 Å². The first-order valence-corrected chi connectivity index (χ1v) is 8.33. The molecule has 2 fully saturated rings. The summed E-state index contributed by atoms with van der Waals surface area (Å²) in [5.41, 5.74) is 0.965. The van der Waals surface area contributed by atoms with Gasteiger partial charge in [0.2, 0.25) is 0 Å². The molecule has 10 heteroatoms. The van der Waals surface area contributed by atoms with Crippen LogP contribution in [0, 0.1) is 0 Å². The second kappa shape index (κ2) is 6.46. The smallest absolute Gasteiger partial charge is 0.167 e. The lowest BCUT2D eigenvalue weighted by Crippen LogP contribution is -2.33. The second-order valence-corrected chi connectivity index (χ2v) is 6.58. The molecule has 2 aromatic heterocycles. The highest BCUT2D eigenvalue weighted by atomic mass is 16.6. The Morgan fingerprint density at radius 3 is 2.68 bits per heavy atom. The van der Waals surface area contributed by atoms with Crippen molar-refractivity contribution in [3.05, 3.63) is 12.7 Å². The summed E-state index contributed by atoms with van der Waals surface area (Å²) >= 11 is 0. The zero-order valence-corrected chi connectivity index (χ0v) is 13.4. The summed E-state index contributed by atoms with van der Waals surface area (Å²) in [5.74, 6) is 0.551. The average molecular weight is 351 g/mol. The van der Waals surface area contributed by atoms with Crippen molar-refractivity contribution in [1.29, 1.82) is 0 Å². The molecule has 4 rings (SSSR count). The molecule has 10 nitrogen and oxygen atoms in total. The molecule has 0 aromatic carbocycles. The molecular formula is C15H21N5O5. The fourth-order valence-electron chi connectivity index (χ4n) is 3.54. The molecule has 1 saturated carbocycles. The van der Waals surface area contributed by atoms with Gasteiger partial charge in [0.25, 0.3) is 0 Å². The molecule has 1 aliphatic carbocycles. The molecule has 3 heterocycles. The molecule has 0 bridgehead atoms. The number of aromatic nitrogens is 4. The van der Waals surface area contributed by atoms with Crippen LogP contribution in [0.1, 0.15) is 25.5 Å². The molecule has 0 spiro atoms. The van der Waals surface area contributed by atoms with Gasteiger partial charge in [-0.05, 0) is 19.3 Å². The van der Waals surface area contributed by atoms with Gasteiger partial charge in [-0.15, -0.1) is 0 Å². The van der Waals surface area contributed by atoms with Crippen LogP contribution >= 0.6 is 0 Å². The lowest BCUT2D eigenvalue weighted by molar-refractivity contribution is -0.0511. The van der Waals surface area contributed by atoms with Gasteiger partial charge in [-0.3, -0.25) is 4.57 Å². The maximum atomic E-state index is 10.2. The lowest BCUT2D eigenvalue weighted by atomic mass is 10.1. The van der Waals surface area contributed by atoms with Gasteiger partial charge in [0.15, 0.2) is 23.2 Å². The Labute approximate surface area is 143 Å². The van der Waals surface area contributed by atoms with Gasteiger partial charge >= 0.3 is 0 Å². The summed E-state index contributed by atoms with van der Waals surface area (Å²) in [4.78, 5) is 12.8. The fraction of sp³-hybridized carbons (Fsp3) is 0.667. The van der Waals surface area contributed by atoms with Crippen molar-refractivity contribution in [1.82, 2.24) is 19.5 Å². The van der Waals surface area contributed by atoms with E-state index in [0.717, 1.165) is 12.8 Å². The van der Waals surface area contributed by atoms with Gasteiger partial charge in [-0.25, -0.2) is 15.0 Å². The largest absolute Gasteiger partial charge is 0.394 e. The molecule has 25 heavy (non-hydrogen) atoms. The van der Waals surface area contributed by atoms with Gasteiger partial charge in [-0.2, -0.15) is 0 Å². The zero-order valence-electron chi connectivity index (χ0n) is 13.4. The Bertz CT molecular complexity index is 755.